The van der Waals surface area contributed by atoms with E-state index in [1.807, 2.05) is 13.8 Å². The quantitative estimate of drug-likeness (QED) is 0.671. The third kappa shape index (κ3) is 3.20. The Hall–Kier alpha value is -1.32. The molecular formula is C10H18N2O2. The smallest absolute Gasteiger partial charge is 0.227 e. The molecule has 0 rings (SSSR count). The summed E-state index contributed by atoms with van der Waals surface area (Å²) in [4.78, 5) is 24.1. The minimum Gasteiger partial charge on any atom is -0.403 e. The van der Waals surface area contributed by atoms with Crippen molar-refractivity contribution in [2.75, 3.05) is 6.54 Å². The van der Waals surface area contributed by atoms with Gasteiger partial charge in [-0.3, -0.25) is 9.59 Å². The highest BCUT2D eigenvalue weighted by Gasteiger charge is 2.17. The SMILES string of the molecule is CCCC(=O)N(CC)/C(=C\N)C(C)=O. The Morgan fingerprint density at radius 3 is 2.21 bits per heavy atom. The minimum absolute atomic E-state index is 0.0538. The van der Waals surface area contributed by atoms with E-state index < -0.39 is 0 Å². The van der Waals surface area contributed by atoms with E-state index >= 15 is 0 Å². The molecule has 0 fully saturated rings. The Balaban J connectivity index is 4.69. The monoisotopic (exact) mass is 198 g/mol. The molecule has 0 aliphatic carbocycles. The molecule has 0 aromatic rings. The zero-order chi connectivity index (χ0) is 11.1. The summed E-state index contributed by atoms with van der Waals surface area (Å²) in [5.41, 5.74) is 5.59. The van der Waals surface area contributed by atoms with Gasteiger partial charge in [-0.25, -0.2) is 0 Å². The van der Waals surface area contributed by atoms with Crippen LogP contribution in [0.4, 0.5) is 0 Å². The van der Waals surface area contributed by atoms with Gasteiger partial charge in [-0.2, -0.15) is 0 Å². The predicted molar refractivity (Wildman–Crippen MR) is 55.2 cm³/mol. The van der Waals surface area contributed by atoms with Crippen LogP contribution in [-0.2, 0) is 9.59 Å². The lowest BCUT2D eigenvalue weighted by atomic mass is 10.2. The summed E-state index contributed by atoms with van der Waals surface area (Å²) in [6.07, 6.45) is 2.41. The minimum atomic E-state index is -0.182. The predicted octanol–water partition coefficient (Wildman–Crippen LogP) is 1.02. The Morgan fingerprint density at radius 1 is 1.36 bits per heavy atom. The summed E-state index contributed by atoms with van der Waals surface area (Å²) in [5, 5.41) is 0. The highest BCUT2D eigenvalue weighted by atomic mass is 16.2. The zero-order valence-corrected chi connectivity index (χ0v) is 9.04. The van der Waals surface area contributed by atoms with Crippen LogP contribution in [0.15, 0.2) is 11.9 Å². The summed E-state index contributed by atoms with van der Waals surface area (Å²) in [6, 6.07) is 0. The number of nitrogens with zero attached hydrogens (tertiary/aromatic N) is 1. The molecule has 14 heavy (non-hydrogen) atoms. The molecule has 2 N–H and O–H groups in total. The fourth-order valence-corrected chi connectivity index (χ4v) is 1.23. The number of hydrogen-bond donors (Lipinski definition) is 1. The molecule has 4 nitrogen and oxygen atoms in total. The lowest BCUT2D eigenvalue weighted by Gasteiger charge is -2.21. The zero-order valence-electron chi connectivity index (χ0n) is 9.04. The maximum atomic E-state index is 11.6. The van der Waals surface area contributed by atoms with E-state index in [2.05, 4.69) is 0 Å². The first-order chi connectivity index (χ1) is 6.58. The summed E-state index contributed by atoms with van der Waals surface area (Å²) < 4.78 is 0. The molecular weight excluding hydrogens is 180 g/mol. The van der Waals surface area contributed by atoms with Crippen molar-refractivity contribution in [2.45, 2.75) is 33.6 Å². The van der Waals surface area contributed by atoms with Gasteiger partial charge in [0.25, 0.3) is 0 Å². The van der Waals surface area contributed by atoms with Crippen LogP contribution in [0.2, 0.25) is 0 Å². The Labute approximate surface area is 84.8 Å². The molecule has 0 atom stereocenters. The van der Waals surface area contributed by atoms with Crippen LogP contribution in [0.1, 0.15) is 33.6 Å². The van der Waals surface area contributed by atoms with Crippen LogP contribution in [0, 0.1) is 0 Å². The number of nitrogens with two attached hydrogens (primary N) is 1. The summed E-state index contributed by atoms with van der Waals surface area (Å²) in [5.74, 6) is -0.235. The average Bonchev–Trinajstić information content (AvgIpc) is 2.13. The molecule has 80 valence electrons. The number of hydrogen-bond acceptors (Lipinski definition) is 3. The third-order valence-electron chi connectivity index (χ3n) is 1.89. The first kappa shape index (κ1) is 12.7. The second kappa shape index (κ2) is 6.18. The molecule has 0 radical (unpaired) electrons. The van der Waals surface area contributed by atoms with E-state index in [4.69, 9.17) is 5.73 Å². The molecule has 0 unspecified atom stereocenters. The van der Waals surface area contributed by atoms with Crippen molar-refractivity contribution in [1.29, 1.82) is 0 Å². The van der Waals surface area contributed by atoms with Gasteiger partial charge in [0.05, 0.1) is 0 Å². The van der Waals surface area contributed by atoms with Gasteiger partial charge in [-0.1, -0.05) is 6.92 Å². The molecule has 4 heteroatoms. The van der Waals surface area contributed by atoms with E-state index in [1.165, 1.54) is 18.0 Å². The van der Waals surface area contributed by atoms with Gasteiger partial charge in [0.15, 0.2) is 5.78 Å². The van der Waals surface area contributed by atoms with Crippen molar-refractivity contribution < 1.29 is 9.59 Å². The summed E-state index contributed by atoms with van der Waals surface area (Å²) in [6.45, 7) is 5.62. The molecule has 0 aromatic carbocycles. The van der Waals surface area contributed by atoms with Crippen LogP contribution in [0.25, 0.3) is 0 Å². The average molecular weight is 198 g/mol. The van der Waals surface area contributed by atoms with Crippen molar-refractivity contribution in [2.24, 2.45) is 5.73 Å². The second-order valence-corrected chi connectivity index (χ2v) is 3.00. The number of rotatable bonds is 5. The van der Waals surface area contributed by atoms with Gasteiger partial charge < -0.3 is 10.6 Å². The van der Waals surface area contributed by atoms with Crippen LogP contribution in [0.5, 0.6) is 0 Å². The standard InChI is InChI=1S/C10H18N2O2/c1-4-6-10(14)12(5-2)9(7-11)8(3)13/h7H,4-6,11H2,1-3H3/b9-7-. The van der Waals surface area contributed by atoms with Crippen molar-refractivity contribution in [3.05, 3.63) is 11.9 Å². The van der Waals surface area contributed by atoms with Crippen molar-refractivity contribution in [3.63, 3.8) is 0 Å². The van der Waals surface area contributed by atoms with E-state index in [0.717, 1.165) is 6.42 Å². The molecule has 0 saturated heterocycles. The topological polar surface area (TPSA) is 63.4 Å². The van der Waals surface area contributed by atoms with Crippen molar-refractivity contribution >= 4 is 11.7 Å². The van der Waals surface area contributed by atoms with Crippen molar-refractivity contribution in [3.8, 4) is 0 Å². The van der Waals surface area contributed by atoms with Crippen LogP contribution >= 0.6 is 0 Å². The van der Waals surface area contributed by atoms with Gasteiger partial charge in [0.1, 0.15) is 5.70 Å². The summed E-state index contributed by atoms with van der Waals surface area (Å²) >= 11 is 0. The van der Waals surface area contributed by atoms with Gasteiger partial charge in [-0.05, 0) is 13.3 Å². The van der Waals surface area contributed by atoms with E-state index in [-0.39, 0.29) is 17.4 Å². The first-order valence-electron chi connectivity index (χ1n) is 4.81. The number of carbonyl (C=O) groups is 2. The maximum Gasteiger partial charge on any atom is 0.227 e. The van der Waals surface area contributed by atoms with Gasteiger partial charge in [0, 0.05) is 26.1 Å². The largest absolute Gasteiger partial charge is 0.403 e. The highest BCUT2D eigenvalue weighted by Crippen LogP contribution is 2.07. The molecule has 0 aliphatic heterocycles. The molecule has 0 heterocycles. The Morgan fingerprint density at radius 2 is 1.93 bits per heavy atom. The van der Waals surface area contributed by atoms with E-state index in [1.54, 1.807) is 0 Å². The Kier molecular flexibility index (Phi) is 5.60. The first-order valence-corrected chi connectivity index (χ1v) is 4.81. The molecule has 0 saturated carbocycles. The van der Waals surface area contributed by atoms with E-state index in [0.29, 0.717) is 13.0 Å². The normalized spacial score (nSPS) is 11.2. The number of ketones is 1. The van der Waals surface area contributed by atoms with Crippen LogP contribution in [0.3, 0.4) is 0 Å². The second-order valence-electron chi connectivity index (χ2n) is 3.00. The summed E-state index contributed by atoms with van der Waals surface area (Å²) in [7, 11) is 0. The van der Waals surface area contributed by atoms with Gasteiger partial charge in [-0.15, -0.1) is 0 Å². The fraction of sp³-hybridized carbons (Fsp3) is 0.600. The Bertz CT molecular complexity index is 247. The number of likely N-dealkylation sites (N-methyl/N-ethyl adjacent to an activating group) is 1. The molecule has 0 bridgehead atoms. The molecule has 0 spiro atoms. The van der Waals surface area contributed by atoms with Crippen molar-refractivity contribution in [1.82, 2.24) is 4.90 Å². The number of allylic oxidation sites excluding steroid dienone is 1. The van der Waals surface area contributed by atoms with Crippen LogP contribution in [-0.4, -0.2) is 23.1 Å². The number of carbonyl (C=O) groups excluding carboxylic acids is 2. The fourth-order valence-electron chi connectivity index (χ4n) is 1.23. The number of Topliss-reactive ketones (excluding diaryl/α,β-unsaturated/α-hetero) is 1. The molecule has 1 amide bonds. The lowest BCUT2D eigenvalue weighted by molar-refractivity contribution is -0.131. The van der Waals surface area contributed by atoms with Crippen LogP contribution < -0.4 is 5.73 Å². The highest BCUT2D eigenvalue weighted by molar-refractivity contribution is 5.97. The van der Waals surface area contributed by atoms with Gasteiger partial charge >= 0.3 is 0 Å². The van der Waals surface area contributed by atoms with Gasteiger partial charge in [0.2, 0.25) is 5.91 Å². The maximum absolute atomic E-state index is 11.6. The molecule has 0 aliphatic rings. The number of amides is 1. The molecule has 0 aromatic heterocycles. The van der Waals surface area contributed by atoms with E-state index in [9.17, 15) is 9.59 Å². The lowest BCUT2D eigenvalue weighted by Crippen LogP contribution is -2.33. The third-order valence-corrected chi connectivity index (χ3v) is 1.89.